The van der Waals surface area contributed by atoms with Crippen molar-refractivity contribution < 1.29 is 0 Å². The second-order valence-electron chi connectivity index (χ2n) is 5.91. The van der Waals surface area contributed by atoms with Gasteiger partial charge >= 0.3 is 0 Å². The van der Waals surface area contributed by atoms with Gasteiger partial charge < -0.3 is 0 Å². The topological polar surface area (TPSA) is 71.8 Å². The normalized spacial score (nSPS) is 11.2. The smallest absolute Gasteiger partial charge is 0.235 e. The van der Waals surface area contributed by atoms with E-state index in [1.165, 1.54) is 5.56 Å². The second-order valence-corrected chi connectivity index (χ2v) is 6.95. The highest BCUT2D eigenvalue weighted by Crippen LogP contribution is 2.25. The van der Waals surface area contributed by atoms with E-state index in [4.69, 9.17) is 0 Å². The number of aromatic nitrogens is 6. The molecule has 3 aromatic heterocycles. The minimum atomic E-state index is 0.672. The second kappa shape index (κ2) is 6.20. The summed E-state index contributed by atoms with van der Waals surface area (Å²) in [6, 6.07) is 22.3. The molecule has 0 bridgehead atoms. The molecule has 0 amide bonds. The number of rotatable bonds is 4. The summed E-state index contributed by atoms with van der Waals surface area (Å²) in [6.45, 7) is 0. The monoisotopic (exact) mass is 358 g/mol. The third-order valence-corrected chi connectivity index (χ3v) is 5.02. The Morgan fingerprint density at radius 2 is 1.69 bits per heavy atom. The Labute approximate surface area is 153 Å². The van der Waals surface area contributed by atoms with Gasteiger partial charge in [-0.3, -0.25) is 5.10 Å². The van der Waals surface area contributed by atoms with Crippen LogP contribution in [0.2, 0.25) is 0 Å². The molecule has 0 radical (unpaired) electrons. The van der Waals surface area contributed by atoms with Crippen LogP contribution in [0.25, 0.3) is 27.7 Å². The molecule has 26 heavy (non-hydrogen) atoms. The quantitative estimate of drug-likeness (QED) is 0.530. The predicted octanol–water partition coefficient (Wildman–Crippen LogP) is 3.83. The van der Waals surface area contributed by atoms with Crippen LogP contribution < -0.4 is 0 Å². The maximum Gasteiger partial charge on any atom is 0.235 e. The van der Waals surface area contributed by atoms with E-state index in [2.05, 4.69) is 37.6 Å². The Bertz CT molecular complexity index is 1160. The van der Waals surface area contributed by atoms with Gasteiger partial charge in [0, 0.05) is 12.0 Å². The molecule has 2 aromatic carbocycles. The molecule has 0 spiro atoms. The summed E-state index contributed by atoms with van der Waals surface area (Å²) in [7, 11) is 0. The highest BCUT2D eigenvalue weighted by molar-refractivity contribution is 7.16. The lowest BCUT2D eigenvalue weighted by atomic mass is 10.1. The predicted molar refractivity (Wildman–Crippen MR) is 101 cm³/mol. The molecule has 1 N–H and O–H groups in total. The molecule has 0 aliphatic heterocycles. The summed E-state index contributed by atoms with van der Waals surface area (Å²) in [4.78, 5) is 0.779. The maximum absolute atomic E-state index is 4.69. The summed E-state index contributed by atoms with van der Waals surface area (Å²) in [5.74, 6) is 0.672. The van der Waals surface area contributed by atoms with Gasteiger partial charge in [-0.1, -0.05) is 72.0 Å². The van der Waals surface area contributed by atoms with Crippen molar-refractivity contribution in [1.82, 2.24) is 30.0 Å². The number of nitrogens with one attached hydrogen (secondary N) is 1. The summed E-state index contributed by atoms with van der Waals surface area (Å²) in [5.41, 5.74) is 3.95. The molecule has 7 heteroatoms. The minimum Gasteiger partial charge on any atom is -0.274 e. The Morgan fingerprint density at radius 3 is 2.50 bits per heavy atom. The molecule has 126 valence electrons. The molecular weight excluding hydrogens is 344 g/mol. The summed E-state index contributed by atoms with van der Waals surface area (Å²) in [5, 5.41) is 21.7. The van der Waals surface area contributed by atoms with E-state index in [9.17, 15) is 0 Å². The molecule has 0 saturated carbocycles. The molecule has 0 fully saturated rings. The Morgan fingerprint density at radius 1 is 0.923 bits per heavy atom. The number of nitrogens with zero attached hydrogens (tertiary/aromatic N) is 5. The van der Waals surface area contributed by atoms with Crippen molar-refractivity contribution >= 4 is 16.3 Å². The van der Waals surface area contributed by atoms with E-state index in [-0.39, 0.29) is 0 Å². The first-order valence-corrected chi connectivity index (χ1v) is 9.05. The third-order valence-electron chi connectivity index (χ3n) is 4.12. The van der Waals surface area contributed by atoms with Crippen LogP contribution in [0.3, 0.4) is 0 Å². The fourth-order valence-corrected chi connectivity index (χ4v) is 3.73. The minimum absolute atomic E-state index is 0.672. The molecule has 5 rings (SSSR count). The standard InChI is InChI=1S/C19H14N6S/c1-3-7-13(8-4-1)11-17-24-25-18(22-23-19(25)26-17)16-12-15(20-21-16)14-9-5-2-6-10-14/h1-10,12H,11H2,(H,20,21). The third kappa shape index (κ3) is 2.68. The van der Waals surface area contributed by atoms with Crippen LogP contribution in [0.15, 0.2) is 66.7 Å². The van der Waals surface area contributed by atoms with Gasteiger partial charge in [-0.25, -0.2) is 0 Å². The number of aromatic amines is 1. The molecule has 0 aliphatic carbocycles. The number of benzene rings is 2. The first-order valence-electron chi connectivity index (χ1n) is 8.23. The van der Waals surface area contributed by atoms with E-state index in [0.29, 0.717) is 5.82 Å². The van der Waals surface area contributed by atoms with Crippen molar-refractivity contribution in [3.8, 4) is 22.8 Å². The van der Waals surface area contributed by atoms with Gasteiger partial charge in [0.1, 0.15) is 10.7 Å². The fraction of sp³-hybridized carbons (Fsp3) is 0.0526. The van der Waals surface area contributed by atoms with Crippen LogP contribution in [0.5, 0.6) is 0 Å². The zero-order valence-corrected chi connectivity index (χ0v) is 14.5. The van der Waals surface area contributed by atoms with Crippen LogP contribution in [0.4, 0.5) is 0 Å². The molecule has 0 aliphatic rings. The highest BCUT2D eigenvalue weighted by Gasteiger charge is 2.16. The van der Waals surface area contributed by atoms with Crippen LogP contribution in [-0.4, -0.2) is 30.0 Å². The SMILES string of the molecule is c1ccc(Cc2nn3c(-c4cc(-c5ccccc5)n[nH]4)nnc3s2)cc1. The van der Waals surface area contributed by atoms with Crippen molar-refractivity contribution in [3.63, 3.8) is 0 Å². The Kier molecular flexibility index (Phi) is 3.57. The number of hydrogen-bond acceptors (Lipinski definition) is 5. The van der Waals surface area contributed by atoms with E-state index in [1.807, 2.05) is 54.6 Å². The fourth-order valence-electron chi connectivity index (χ4n) is 2.86. The van der Waals surface area contributed by atoms with Gasteiger partial charge in [-0.2, -0.15) is 14.7 Å². The van der Waals surface area contributed by atoms with E-state index in [0.717, 1.165) is 33.3 Å². The van der Waals surface area contributed by atoms with E-state index >= 15 is 0 Å². The summed E-state index contributed by atoms with van der Waals surface area (Å²) >= 11 is 1.55. The summed E-state index contributed by atoms with van der Waals surface area (Å²) in [6.07, 6.45) is 0.784. The average Bonchev–Trinajstić information content (AvgIpc) is 3.39. The lowest BCUT2D eigenvalue weighted by molar-refractivity contribution is 0.909. The van der Waals surface area contributed by atoms with Gasteiger partial charge in [0.05, 0.1) is 5.69 Å². The number of hydrogen-bond donors (Lipinski definition) is 1. The van der Waals surface area contributed by atoms with E-state index in [1.54, 1.807) is 15.9 Å². The van der Waals surface area contributed by atoms with Crippen molar-refractivity contribution in [2.45, 2.75) is 6.42 Å². The molecule has 6 nitrogen and oxygen atoms in total. The highest BCUT2D eigenvalue weighted by atomic mass is 32.1. The van der Waals surface area contributed by atoms with Crippen LogP contribution in [-0.2, 0) is 6.42 Å². The Hall–Kier alpha value is -3.32. The number of H-pyrrole nitrogens is 1. The van der Waals surface area contributed by atoms with Crippen molar-refractivity contribution in [2.24, 2.45) is 0 Å². The average molecular weight is 358 g/mol. The van der Waals surface area contributed by atoms with Gasteiger partial charge in [0.2, 0.25) is 10.8 Å². The number of fused-ring (bicyclic) bond motifs is 1. The molecule has 0 unspecified atom stereocenters. The van der Waals surface area contributed by atoms with Crippen molar-refractivity contribution in [3.05, 3.63) is 77.3 Å². The van der Waals surface area contributed by atoms with Gasteiger partial charge in [-0.15, -0.1) is 10.2 Å². The van der Waals surface area contributed by atoms with Gasteiger partial charge in [0.25, 0.3) is 0 Å². The molecule has 0 saturated heterocycles. The first-order chi connectivity index (χ1) is 12.9. The van der Waals surface area contributed by atoms with Crippen LogP contribution >= 0.6 is 11.3 Å². The van der Waals surface area contributed by atoms with E-state index < -0.39 is 0 Å². The lowest BCUT2D eigenvalue weighted by Gasteiger charge is -1.95. The zero-order chi connectivity index (χ0) is 17.3. The molecule has 3 heterocycles. The van der Waals surface area contributed by atoms with Crippen LogP contribution in [0.1, 0.15) is 10.6 Å². The molecular formula is C19H14N6S. The largest absolute Gasteiger partial charge is 0.274 e. The maximum atomic E-state index is 4.69. The molecule has 5 aromatic rings. The van der Waals surface area contributed by atoms with Gasteiger partial charge in [-0.05, 0) is 11.6 Å². The summed E-state index contributed by atoms with van der Waals surface area (Å²) < 4.78 is 1.78. The van der Waals surface area contributed by atoms with Gasteiger partial charge in [0.15, 0.2) is 0 Å². The Balaban J connectivity index is 1.49. The lowest BCUT2D eigenvalue weighted by Crippen LogP contribution is -1.93. The van der Waals surface area contributed by atoms with Crippen LogP contribution in [0, 0.1) is 0 Å². The zero-order valence-electron chi connectivity index (χ0n) is 13.7. The first kappa shape index (κ1) is 15.0. The van der Waals surface area contributed by atoms with Crippen molar-refractivity contribution in [1.29, 1.82) is 0 Å². The van der Waals surface area contributed by atoms with Crippen molar-refractivity contribution in [2.75, 3.05) is 0 Å². The molecule has 0 atom stereocenters.